The van der Waals surface area contributed by atoms with E-state index in [2.05, 4.69) is 10.1 Å². The quantitative estimate of drug-likeness (QED) is 0.364. The number of phenols is 2. The van der Waals surface area contributed by atoms with Crippen molar-refractivity contribution in [3.05, 3.63) is 78.4 Å². The molecule has 0 spiro atoms. The van der Waals surface area contributed by atoms with Crippen molar-refractivity contribution in [2.75, 3.05) is 0 Å². The minimum absolute atomic E-state index is 0. The zero-order valence-corrected chi connectivity index (χ0v) is 18.6. The van der Waals surface area contributed by atoms with Gasteiger partial charge in [-0.2, -0.15) is 0 Å². The molecule has 1 aromatic heterocycles. The molecule has 3 aromatic carbocycles. The van der Waals surface area contributed by atoms with Crippen LogP contribution in [0.3, 0.4) is 0 Å². The lowest BCUT2D eigenvalue weighted by Crippen LogP contribution is -2.26. The number of nitrogens with zero attached hydrogens (tertiary/aromatic N) is 3. The zero-order valence-electron chi connectivity index (χ0n) is 18.6. The highest BCUT2D eigenvalue weighted by Crippen LogP contribution is 2.33. The van der Waals surface area contributed by atoms with Gasteiger partial charge < -0.3 is 21.1 Å². The third kappa shape index (κ3) is 5.96. The van der Waals surface area contributed by atoms with E-state index in [4.69, 9.17) is 10.8 Å². The first-order valence-electron chi connectivity index (χ1n) is 10.2. The van der Waals surface area contributed by atoms with Crippen molar-refractivity contribution in [3.8, 4) is 40.0 Å². The largest absolute Gasteiger partial charge is 0.507 e. The number of benzene rings is 3. The summed E-state index contributed by atoms with van der Waals surface area (Å²) >= 11 is 0. The van der Waals surface area contributed by atoms with Gasteiger partial charge in [-0.1, -0.05) is 24.3 Å². The van der Waals surface area contributed by atoms with E-state index in [-0.39, 0.29) is 28.4 Å². The summed E-state index contributed by atoms with van der Waals surface area (Å²) in [6.07, 6.45) is 0. The lowest BCUT2D eigenvalue weighted by atomic mass is 10.1. The van der Waals surface area contributed by atoms with Gasteiger partial charge in [0.1, 0.15) is 11.5 Å². The third-order valence-electron chi connectivity index (χ3n) is 4.26. The van der Waals surface area contributed by atoms with Crippen LogP contribution in [0.25, 0.3) is 28.5 Å². The first-order valence-corrected chi connectivity index (χ1v) is 10.2. The highest BCUT2D eigenvalue weighted by atomic mass is 16.4. The molecular weight excluding hydrogens is 420 g/mol. The molecule has 4 rings (SSSR count). The molecule has 0 saturated heterocycles. The topological polar surface area (TPSA) is 134 Å². The number of rotatable bonds is 4. The van der Waals surface area contributed by atoms with Crippen molar-refractivity contribution >= 4 is 5.97 Å². The van der Waals surface area contributed by atoms with Crippen molar-refractivity contribution in [2.24, 2.45) is 5.73 Å². The number of hydrogen-bond donors (Lipinski definition) is 4. The van der Waals surface area contributed by atoms with Gasteiger partial charge in [-0.25, -0.2) is 14.5 Å². The standard InChI is InChI=1S/C21H15N3O4.C4H11N/c25-17-7-3-1-5-15(17)19-22-20(16-6-2-4-8-18(16)26)24(23-19)14-11-9-13(10-12-14)21(27)28;1-4(2,3)5/h1-12,25-26H,(H,27,28);5H2,1-3H3. The van der Waals surface area contributed by atoms with Gasteiger partial charge in [-0.3, -0.25) is 0 Å². The summed E-state index contributed by atoms with van der Waals surface area (Å²) in [5, 5.41) is 34.0. The van der Waals surface area contributed by atoms with Crippen LogP contribution in [0.4, 0.5) is 0 Å². The summed E-state index contributed by atoms with van der Waals surface area (Å²) in [5.74, 6) is -0.328. The van der Waals surface area contributed by atoms with Gasteiger partial charge in [-0.15, -0.1) is 5.10 Å². The summed E-state index contributed by atoms with van der Waals surface area (Å²) in [5.41, 5.74) is 6.97. The highest BCUT2D eigenvalue weighted by molar-refractivity contribution is 5.87. The molecule has 0 aliphatic heterocycles. The van der Waals surface area contributed by atoms with E-state index < -0.39 is 5.97 Å². The second-order valence-electron chi connectivity index (χ2n) is 8.42. The Labute approximate surface area is 191 Å². The van der Waals surface area contributed by atoms with Crippen LogP contribution in [-0.2, 0) is 0 Å². The predicted molar refractivity (Wildman–Crippen MR) is 126 cm³/mol. The molecule has 0 atom stereocenters. The maximum absolute atomic E-state index is 11.1. The maximum atomic E-state index is 11.1. The monoisotopic (exact) mass is 446 g/mol. The van der Waals surface area contributed by atoms with Gasteiger partial charge in [0.2, 0.25) is 0 Å². The molecule has 4 aromatic rings. The van der Waals surface area contributed by atoms with Crippen LogP contribution >= 0.6 is 0 Å². The average molecular weight is 447 g/mol. The molecule has 170 valence electrons. The molecule has 0 radical (unpaired) electrons. The fourth-order valence-electron chi connectivity index (χ4n) is 2.85. The van der Waals surface area contributed by atoms with Gasteiger partial charge in [0.25, 0.3) is 0 Å². The van der Waals surface area contributed by atoms with Gasteiger partial charge in [0.05, 0.1) is 22.4 Å². The van der Waals surface area contributed by atoms with E-state index in [1.54, 1.807) is 54.6 Å². The van der Waals surface area contributed by atoms with Crippen molar-refractivity contribution in [1.82, 2.24) is 14.8 Å². The normalized spacial score (nSPS) is 10.9. The van der Waals surface area contributed by atoms with Crippen LogP contribution in [0, 0.1) is 0 Å². The highest BCUT2D eigenvalue weighted by Gasteiger charge is 2.19. The zero-order chi connectivity index (χ0) is 24.2. The Balaban J connectivity index is 0.000000555. The molecule has 0 amide bonds. The minimum Gasteiger partial charge on any atom is -0.507 e. The lowest BCUT2D eigenvalue weighted by Gasteiger charge is -2.07. The minimum atomic E-state index is -1.03. The van der Waals surface area contributed by atoms with Crippen LogP contribution in [-0.4, -0.2) is 41.6 Å². The third-order valence-corrected chi connectivity index (χ3v) is 4.26. The Morgan fingerprint density at radius 2 is 1.33 bits per heavy atom. The van der Waals surface area contributed by atoms with Gasteiger partial charge in [0, 0.05) is 5.54 Å². The number of aromatic nitrogens is 3. The number of aromatic hydroxyl groups is 2. The SMILES string of the molecule is CC(C)(C)N.O=C(O)c1ccc(-n2nc(-c3ccccc3O)nc2-c2ccccc2O)cc1. The molecule has 0 saturated carbocycles. The van der Waals surface area contributed by atoms with Gasteiger partial charge >= 0.3 is 5.97 Å². The van der Waals surface area contributed by atoms with E-state index >= 15 is 0 Å². The smallest absolute Gasteiger partial charge is 0.335 e. The van der Waals surface area contributed by atoms with Crippen molar-refractivity contribution in [1.29, 1.82) is 0 Å². The summed E-state index contributed by atoms with van der Waals surface area (Å²) < 4.78 is 1.50. The molecule has 33 heavy (non-hydrogen) atoms. The Kier molecular flexibility index (Phi) is 6.79. The number of phenolic OH excluding ortho intramolecular Hbond substituents is 2. The van der Waals surface area contributed by atoms with E-state index in [0.29, 0.717) is 22.6 Å². The summed E-state index contributed by atoms with van der Waals surface area (Å²) in [6, 6.07) is 19.5. The Bertz CT molecular complexity index is 1250. The Morgan fingerprint density at radius 3 is 1.82 bits per heavy atom. The van der Waals surface area contributed by atoms with Crippen LogP contribution in [0.5, 0.6) is 11.5 Å². The number of aromatic carboxylic acids is 1. The molecule has 0 unspecified atom stereocenters. The van der Waals surface area contributed by atoms with Crippen molar-refractivity contribution in [2.45, 2.75) is 26.3 Å². The molecule has 0 aliphatic rings. The van der Waals surface area contributed by atoms with E-state index in [0.717, 1.165) is 0 Å². The molecular formula is C25H26N4O4. The fourth-order valence-corrected chi connectivity index (χ4v) is 2.85. The first kappa shape index (κ1) is 23.5. The van der Waals surface area contributed by atoms with Crippen molar-refractivity contribution < 1.29 is 20.1 Å². The Hall–Kier alpha value is -4.17. The van der Waals surface area contributed by atoms with E-state index in [1.165, 1.54) is 22.9 Å². The average Bonchev–Trinajstić information content (AvgIpc) is 3.18. The van der Waals surface area contributed by atoms with Gasteiger partial charge in [0.15, 0.2) is 11.6 Å². The molecule has 8 nitrogen and oxygen atoms in total. The predicted octanol–water partition coefficient (Wildman–Crippen LogP) is 4.45. The van der Waals surface area contributed by atoms with Gasteiger partial charge in [-0.05, 0) is 69.3 Å². The fraction of sp³-hybridized carbons (Fsp3) is 0.160. The number of carboxylic acids is 1. The number of carbonyl (C=O) groups is 1. The maximum Gasteiger partial charge on any atom is 0.335 e. The first-order chi connectivity index (χ1) is 15.5. The molecule has 1 heterocycles. The summed E-state index contributed by atoms with van der Waals surface area (Å²) in [4.78, 5) is 15.6. The molecule has 0 aliphatic carbocycles. The molecule has 5 N–H and O–H groups in total. The van der Waals surface area contributed by atoms with Crippen LogP contribution in [0.1, 0.15) is 31.1 Å². The second-order valence-corrected chi connectivity index (χ2v) is 8.42. The van der Waals surface area contributed by atoms with Crippen LogP contribution < -0.4 is 5.73 Å². The Morgan fingerprint density at radius 1 is 0.848 bits per heavy atom. The molecule has 0 fully saturated rings. The lowest BCUT2D eigenvalue weighted by molar-refractivity contribution is 0.0697. The number of carboxylic acid groups (broad SMARTS) is 1. The van der Waals surface area contributed by atoms with Crippen molar-refractivity contribution in [3.63, 3.8) is 0 Å². The summed E-state index contributed by atoms with van der Waals surface area (Å²) in [7, 11) is 0. The molecule has 0 bridgehead atoms. The summed E-state index contributed by atoms with van der Waals surface area (Å²) in [6.45, 7) is 5.90. The number of nitrogens with two attached hydrogens (primary N) is 1. The van der Waals surface area contributed by atoms with Crippen LogP contribution in [0.15, 0.2) is 72.8 Å². The van der Waals surface area contributed by atoms with Crippen LogP contribution in [0.2, 0.25) is 0 Å². The number of para-hydroxylation sites is 2. The number of hydrogen-bond acceptors (Lipinski definition) is 6. The van der Waals surface area contributed by atoms with E-state index in [9.17, 15) is 15.0 Å². The van der Waals surface area contributed by atoms with E-state index in [1.807, 2.05) is 20.8 Å². The second kappa shape index (κ2) is 9.54. The molecule has 8 heteroatoms.